The standard InChI is InChI=1S/C25H33N3O4/c1-26(2)22-7-5-19(6-8-22)16-28(17-23-4-3-14-32-23)24(29)20-9-12-27(13-10-20)25(30)21-11-15-31-18-21/h5-8,11,15,18,20,23H,3-4,9-10,12-14,16-17H2,1-2H3. The molecule has 2 aromatic rings. The van der Waals surface area contributed by atoms with Crippen molar-refractivity contribution in [3.05, 3.63) is 54.0 Å². The maximum absolute atomic E-state index is 13.5. The molecule has 2 fully saturated rings. The average Bonchev–Trinajstić information content (AvgIpc) is 3.53. The van der Waals surface area contributed by atoms with E-state index in [0.29, 0.717) is 44.6 Å². The van der Waals surface area contributed by atoms with Crippen molar-refractivity contribution in [1.82, 2.24) is 9.80 Å². The van der Waals surface area contributed by atoms with Crippen LogP contribution in [-0.2, 0) is 16.1 Å². The van der Waals surface area contributed by atoms with Crippen molar-refractivity contribution in [2.75, 3.05) is 45.2 Å². The maximum Gasteiger partial charge on any atom is 0.257 e. The Morgan fingerprint density at radius 3 is 2.41 bits per heavy atom. The number of hydrogen-bond acceptors (Lipinski definition) is 5. The first kappa shape index (κ1) is 22.4. The lowest BCUT2D eigenvalue weighted by atomic mass is 9.94. The van der Waals surface area contributed by atoms with Gasteiger partial charge in [-0.25, -0.2) is 0 Å². The number of ether oxygens (including phenoxy) is 1. The number of anilines is 1. The zero-order valence-electron chi connectivity index (χ0n) is 19.0. The second-order valence-corrected chi connectivity index (χ2v) is 8.99. The van der Waals surface area contributed by atoms with Crippen LogP contribution >= 0.6 is 0 Å². The first-order valence-electron chi connectivity index (χ1n) is 11.5. The van der Waals surface area contributed by atoms with Gasteiger partial charge in [0.25, 0.3) is 5.91 Å². The highest BCUT2D eigenvalue weighted by Gasteiger charge is 2.32. The van der Waals surface area contributed by atoms with Gasteiger partial charge in [0.15, 0.2) is 0 Å². The number of carbonyl (C=O) groups excluding carboxylic acids is 2. The van der Waals surface area contributed by atoms with E-state index < -0.39 is 0 Å². The van der Waals surface area contributed by atoms with Crippen LogP contribution in [0.25, 0.3) is 0 Å². The molecule has 0 spiro atoms. The molecule has 0 N–H and O–H groups in total. The van der Waals surface area contributed by atoms with Gasteiger partial charge in [0.1, 0.15) is 6.26 Å². The van der Waals surface area contributed by atoms with Crippen LogP contribution < -0.4 is 4.90 Å². The number of likely N-dealkylation sites (tertiary alicyclic amines) is 1. The van der Waals surface area contributed by atoms with Gasteiger partial charge in [-0.1, -0.05) is 12.1 Å². The van der Waals surface area contributed by atoms with Gasteiger partial charge in [0, 0.05) is 58.5 Å². The smallest absolute Gasteiger partial charge is 0.257 e. The van der Waals surface area contributed by atoms with E-state index in [0.717, 1.165) is 30.7 Å². The lowest BCUT2D eigenvalue weighted by molar-refractivity contribution is -0.139. The van der Waals surface area contributed by atoms with E-state index in [9.17, 15) is 9.59 Å². The van der Waals surface area contributed by atoms with Crippen LogP contribution in [0.1, 0.15) is 41.6 Å². The molecule has 2 amide bonds. The quantitative estimate of drug-likeness (QED) is 0.662. The molecule has 0 bridgehead atoms. The Morgan fingerprint density at radius 2 is 1.81 bits per heavy atom. The Labute approximate surface area is 189 Å². The van der Waals surface area contributed by atoms with Crippen LogP contribution in [0.4, 0.5) is 5.69 Å². The number of carbonyl (C=O) groups is 2. The Balaban J connectivity index is 1.40. The molecule has 1 aromatic carbocycles. The minimum atomic E-state index is -0.0640. The molecule has 2 aliphatic heterocycles. The number of amides is 2. The summed E-state index contributed by atoms with van der Waals surface area (Å²) in [5.41, 5.74) is 2.82. The molecule has 3 heterocycles. The highest BCUT2D eigenvalue weighted by molar-refractivity contribution is 5.94. The average molecular weight is 440 g/mol. The summed E-state index contributed by atoms with van der Waals surface area (Å²) >= 11 is 0. The number of piperidine rings is 1. The van der Waals surface area contributed by atoms with Crippen molar-refractivity contribution in [2.24, 2.45) is 5.92 Å². The van der Waals surface area contributed by atoms with Gasteiger partial charge < -0.3 is 23.9 Å². The van der Waals surface area contributed by atoms with Gasteiger partial charge in [-0.3, -0.25) is 9.59 Å². The molecule has 4 rings (SSSR count). The molecular formula is C25H33N3O4. The fraction of sp³-hybridized carbons (Fsp3) is 0.520. The first-order chi connectivity index (χ1) is 15.5. The van der Waals surface area contributed by atoms with Gasteiger partial charge >= 0.3 is 0 Å². The molecule has 2 saturated heterocycles. The van der Waals surface area contributed by atoms with Crippen molar-refractivity contribution in [3.8, 4) is 0 Å². The Hall–Kier alpha value is -2.80. The summed E-state index contributed by atoms with van der Waals surface area (Å²) in [7, 11) is 4.04. The van der Waals surface area contributed by atoms with E-state index in [1.54, 1.807) is 6.07 Å². The van der Waals surface area contributed by atoms with E-state index >= 15 is 0 Å². The van der Waals surface area contributed by atoms with Crippen LogP contribution in [-0.4, -0.2) is 68.1 Å². The van der Waals surface area contributed by atoms with Crippen molar-refractivity contribution in [1.29, 1.82) is 0 Å². The van der Waals surface area contributed by atoms with E-state index in [2.05, 4.69) is 29.2 Å². The molecule has 0 radical (unpaired) electrons. The largest absolute Gasteiger partial charge is 0.472 e. The van der Waals surface area contributed by atoms with Crippen LogP contribution in [0.2, 0.25) is 0 Å². The van der Waals surface area contributed by atoms with Crippen LogP contribution in [0.5, 0.6) is 0 Å². The van der Waals surface area contributed by atoms with Crippen LogP contribution in [0.3, 0.4) is 0 Å². The molecule has 32 heavy (non-hydrogen) atoms. The molecule has 7 heteroatoms. The minimum absolute atomic E-state index is 0.0261. The summed E-state index contributed by atoms with van der Waals surface area (Å²) in [6.45, 7) is 3.17. The molecule has 1 unspecified atom stereocenters. The zero-order chi connectivity index (χ0) is 22.5. The van der Waals surface area contributed by atoms with Gasteiger partial charge in [-0.15, -0.1) is 0 Å². The summed E-state index contributed by atoms with van der Waals surface area (Å²) in [5, 5.41) is 0. The number of furan rings is 1. The van der Waals surface area contributed by atoms with Gasteiger partial charge in [-0.2, -0.15) is 0 Å². The van der Waals surface area contributed by atoms with Crippen molar-refractivity contribution in [2.45, 2.75) is 38.3 Å². The first-order valence-corrected chi connectivity index (χ1v) is 11.5. The van der Waals surface area contributed by atoms with Crippen LogP contribution in [0, 0.1) is 5.92 Å². The Bertz CT molecular complexity index is 880. The Kier molecular flexibility index (Phi) is 7.15. The predicted octanol–water partition coefficient (Wildman–Crippen LogP) is 3.41. The third-order valence-electron chi connectivity index (χ3n) is 6.49. The number of nitrogens with zero attached hydrogens (tertiary/aromatic N) is 3. The van der Waals surface area contributed by atoms with E-state index in [1.807, 2.05) is 23.9 Å². The van der Waals surface area contributed by atoms with Crippen molar-refractivity contribution >= 4 is 17.5 Å². The zero-order valence-corrected chi connectivity index (χ0v) is 19.0. The Morgan fingerprint density at radius 1 is 1.06 bits per heavy atom. The third kappa shape index (κ3) is 5.33. The fourth-order valence-electron chi connectivity index (χ4n) is 4.54. The second-order valence-electron chi connectivity index (χ2n) is 8.99. The van der Waals surface area contributed by atoms with Crippen LogP contribution in [0.15, 0.2) is 47.3 Å². The maximum atomic E-state index is 13.5. The highest BCUT2D eigenvalue weighted by atomic mass is 16.5. The molecule has 2 aliphatic rings. The summed E-state index contributed by atoms with van der Waals surface area (Å²) in [4.78, 5) is 31.9. The highest BCUT2D eigenvalue weighted by Crippen LogP contribution is 2.24. The SMILES string of the molecule is CN(C)c1ccc(CN(CC2CCCO2)C(=O)C2CCN(C(=O)c3ccoc3)CC2)cc1. The topological polar surface area (TPSA) is 66.2 Å². The monoisotopic (exact) mass is 439 g/mol. The lowest BCUT2D eigenvalue weighted by Crippen LogP contribution is -2.45. The number of rotatable bonds is 7. The molecule has 172 valence electrons. The lowest BCUT2D eigenvalue weighted by Gasteiger charge is -2.35. The molecule has 0 aliphatic carbocycles. The van der Waals surface area contributed by atoms with E-state index in [4.69, 9.17) is 9.15 Å². The molecule has 7 nitrogen and oxygen atoms in total. The van der Waals surface area contributed by atoms with Gasteiger partial charge in [-0.05, 0) is 49.4 Å². The number of hydrogen-bond donors (Lipinski definition) is 0. The van der Waals surface area contributed by atoms with Gasteiger partial charge in [0.2, 0.25) is 5.91 Å². The van der Waals surface area contributed by atoms with Gasteiger partial charge in [0.05, 0.1) is 17.9 Å². The van der Waals surface area contributed by atoms with Crippen molar-refractivity contribution in [3.63, 3.8) is 0 Å². The summed E-state index contributed by atoms with van der Waals surface area (Å²) in [5.74, 6) is 0.0836. The summed E-state index contributed by atoms with van der Waals surface area (Å²) in [6, 6.07) is 10.0. The third-order valence-corrected chi connectivity index (χ3v) is 6.49. The molecule has 1 aromatic heterocycles. The fourth-order valence-corrected chi connectivity index (χ4v) is 4.54. The van der Waals surface area contributed by atoms with Crippen molar-refractivity contribution < 1.29 is 18.7 Å². The summed E-state index contributed by atoms with van der Waals surface area (Å²) < 4.78 is 10.9. The molecular weight excluding hydrogens is 406 g/mol. The number of benzene rings is 1. The van der Waals surface area contributed by atoms with E-state index in [-0.39, 0.29) is 23.8 Å². The second kappa shape index (κ2) is 10.2. The summed E-state index contributed by atoms with van der Waals surface area (Å²) in [6.07, 6.45) is 6.53. The predicted molar refractivity (Wildman–Crippen MR) is 122 cm³/mol. The minimum Gasteiger partial charge on any atom is -0.472 e. The molecule has 0 saturated carbocycles. The van der Waals surface area contributed by atoms with E-state index in [1.165, 1.54) is 12.5 Å². The normalized spacial score (nSPS) is 19.2. The molecule has 1 atom stereocenters.